The van der Waals surface area contributed by atoms with E-state index in [1.54, 1.807) is 35.4 Å². The van der Waals surface area contributed by atoms with Crippen LogP contribution in [0.2, 0.25) is 5.02 Å². The van der Waals surface area contributed by atoms with Gasteiger partial charge in [0.1, 0.15) is 5.76 Å². The van der Waals surface area contributed by atoms with Gasteiger partial charge in [-0.15, -0.1) is 0 Å². The summed E-state index contributed by atoms with van der Waals surface area (Å²) < 4.78 is 5.66. The third-order valence-electron chi connectivity index (χ3n) is 6.86. The zero-order valence-corrected chi connectivity index (χ0v) is 20.6. The largest absolute Gasteiger partial charge is 0.469 e. The molecule has 0 spiro atoms. The normalized spacial score (nSPS) is 18.9. The van der Waals surface area contributed by atoms with Crippen LogP contribution in [0.1, 0.15) is 36.1 Å². The molecule has 4 aromatic rings. The first kappa shape index (κ1) is 23.1. The Bertz CT molecular complexity index is 1480. The number of hydrogen-bond donors (Lipinski definition) is 2. The van der Waals surface area contributed by atoms with E-state index in [1.165, 1.54) is 0 Å². The minimum Gasteiger partial charge on any atom is -0.469 e. The Morgan fingerprint density at radius 1 is 0.919 bits per heavy atom. The van der Waals surface area contributed by atoms with Gasteiger partial charge in [-0.2, -0.15) is 0 Å². The molecule has 0 radical (unpaired) electrons. The molecule has 0 bridgehead atoms. The van der Waals surface area contributed by atoms with Crippen molar-refractivity contribution in [2.24, 2.45) is 0 Å². The Balaban J connectivity index is 1.50. The highest BCUT2D eigenvalue weighted by atomic mass is 35.5. The fraction of sp³-hybridized carbons (Fsp3) is 0.133. The van der Waals surface area contributed by atoms with E-state index in [-0.39, 0.29) is 17.7 Å². The fourth-order valence-electron chi connectivity index (χ4n) is 5.21. The van der Waals surface area contributed by atoms with Crippen molar-refractivity contribution in [3.8, 4) is 0 Å². The smallest absolute Gasteiger partial charge is 0.327 e. The summed E-state index contributed by atoms with van der Waals surface area (Å²) in [6, 6.07) is 27.1. The van der Waals surface area contributed by atoms with Crippen LogP contribution in [0.4, 0.5) is 21.9 Å². The number of nitrogens with one attached hydrogen (secondary N) is 2. The van der Waals surface area contributed by atoms with Gasteiger partial charge in [-0.1, -0.05) is 54.1 Å². The number of benzene rings is 3. The molecule has 2 amide bonds. The average Bonchev–Trinajstić information content (AvgIpc) is 3.40. The Hall–Kier alpha value is -4.29. The summed E-state index contributed by atoms with van der Waals surface area (Å²) in [5, 5.41) is 7.10. The average molecular weight is 510 g/mol. The van der Waals surface area contributed by atoms with E-state index in [0.717, 1.165) is 22.7 Å². The molecule has 6 nitrogen and oxygen atoms in total. The molecule has 0 saturated carbocycles. The third kappa shape index (κ3) is 4.41. The van der Waals surface area contributed by atoms with E-state index < -0.39 is 6.04 Å². The van der Waals surface area contributed by atoms with Crippen molar-refractivity contribution in [3.63, 3.8) is 0 Å². The molecule has 6 rings (SSSR count). The van der Waals surface area contributed by atoms with Crippen LogP contribution in [0.3, 0.4) is 0 Å². The van der Waals surface area contributed by atoms with Crippen LogP contribution in [0, 0.1) is 0 Å². The summed E-state index contributed by atoms with van der Waals surface area (Å²) in [5.74, 6) is 0.695. The van der Waals surface area contributed by atoms with Gasteiger partial charge in [-0.05, 0) is 60.5 Å². The second-order valence-corrected chi connectivity index (χ2v) is 9.63. The lowest BCUT2D eigenvalue weighted by Gasteiger charge is -2.34. The molecule has 0 saturated heterocycles. The molecule has 1 aliphatic heterocycles. The van der Waals surface area contributed by atoms with Gasteiger partial charge in [-0.25, -0.2) is 4.79 Å². The number of Topliss-reactive ketones (excluding diaryl/α,β-unsaturated/α-hetero) is 1. The number of urea groups is 1. The molecule has 184 valence electrons. The maximum atomic E-state index is 14.0. The van der Waals surface area contributed by atoms with E-state index in [0.29, 0.717) is 34.8 Å². The number of fused-ring (bicyclic) bond motifs is 1. The van der Waals surface area contributed by atoms with Crippen LogP contribution in [-0.2, 0) is 4.79 Å². The summed E-state index contributed by atoms with van der Waals surface area (Å²) in [6.45, 7) is 0. The molecule has 37 heavy (non-hydrogen) atoms. The maximum absolute atomic E-state index is 14.0. The van der Waals surface area contributed by atoms with Crippen LogP contribution in [0.25, 0.3) is 0 Å². The van der Waals surface area contributed by atoms with Gasteiger partial charge < -0.3 is 15.1 Å². The summed E-state index contributed by atoms with van der Waals surface area (Å²) >= 11 is 6.05. The number of hydrogen-bond acceptors (Lipinski definition) is 4. The van der Waals surface area contributed by atoms with Crippen molar-refractivity contribution in [3.05, 3.63) is 125 Å². The van der Waals surface area contributed by atoms with Crippen LogP contribution in [0.15, 0.2) is 113 Å². The standard InChI is InChI=1S/C30H24ClN3O3/c31-21-12-14-22(15-13-21)32-30(36)34-25-10-5-4-9-23(25)33-24-17-20(27-11-6-16-37-27)18-26(35)28(24)29(34)19-7-2-1-3-8-19/h1-16,20,29,33H,17-18H2,(H,32,36)/t20-,29+/m1/s1. The Labute approximate surface area is 219 Å². The lowest BCUT2D eigenvalue weighted by Crippen LogP contribution is -2.41. The van der Waals surface area contributed by atoms with E-state index >= 15 is 0 Å². The van der Waals surface area contributed by atoms with Gasteiger partial charge in [0.15, 0.2) is 5.78 Å². The summed E-state index contributed by atoms with van der Waals surface area (Å²) in [4.78, 5) is 29.5. The highest BCUT2D eigenvalue weighted by molar-refractivity contribution is 6.30. The Morgan fingerprint density at radius 2 is 1.68 bits per heavy atom. The van der Waals surface area contributed by atoms with Crippen LogP contribution in [0.5, 0.6) is 0 Å². The van der Waals surface area contributed by atoms with E-state index in [2.05, 4.69) is 10.6 Å². The number of halogens is 1. The van der Waals surface area contributed by atoms with E-state index in [9.17, 15) is 9.59 Å². The minimum absolute atomic E-state index is 0.0129. The van der Waals surface area contributed by atoms with Gasteiger partial charge in [0.25, 0.3) is 0 Å². The predicted molar refractivity (Wildman–Crippen MR) is 145 cm³/mol. The van der Waals surface area contributed by atoms with Gasteiger partial charge in [0.05, 0.1) is 23.7 Å². The number of carbonyl (C=O) groups excluding carboxylic acids is 2. The molecule has 1 aliphatic carbocycles. The molecule has 3 aromatic carbocycles. The zero-order chi connectivity index (χ0) is 25.4. The minimum atomic E-state index is -0.621. The fourth-order valence-corrected chi connectivity index (χ4v) is 5.33. The highest BCUT2D eigenvalue weighted by Gasteiger charge is 2.42. The van der Waals surface area contributed by atoms with Gasteiger partial charge in [0, 0.05) is 34.3 Å². The summed E-state index contributed by atoms with van der Waals surface area (Å²) in [5.41, 5.74) is 4.30. The first-order chi connectivity index (χ1) is 18.1. The molecular formula is C30H24ClN3O3. The number of rotatable bonds is 3. The number of allylic oxidation sites excluding steroid dienone is 1. The number of amides is 2. The van der Waals surface area contributed by atoms with Crippen LogP contribution < -0.4 is 15.5 Å². The van der Waals surface area contributed by atoms with Crippen molar-refractivity contribution >= 4 is 40.5 Å². The molecule has 2 atom stereocenters. The van der Waals surface area contributed by atoms with Crippen molar-refractivity contribution in [2.75, 3.05) is 15.5 Å². The number of furan rings is 1. The molecule has 2 N–H and O–H groups in total. The molecule has 7 heteroatoms. The monoisotopic (exact) mass is 509 g/mol. The number of anilines is 3. The van der Waals surface area contributed by atoms with Crippen molar-refractivity contribution in [2.45, 2.75) is 24.8 Å². The van der Waals surface area contributed by atoms with Gasteiger partial charge in [0.2, 0.25) is 0 Å². The van der Waals surface area contributed by atoms with E-state index in [4.69, 9.17) is 16.0 Å². The number of carbonyl (C=O) groups is 2. The molecule has 0 unspecified atom stereocenters. The lowest BCUT2D eigenvalue weighted by molar-refractivity contribution is -0.116. The molecular weight excluding hydrogens is 486 g/mol. The second-order valence-electron chi connectivity index (χ2n) is 9.20. The molecule has 2 heterocycles. The first-order valence-electron chi connectivity index (χ1n) is 12.1. The van der Waals surface area contributed by atoms with Gasteiger partial charge in [-0.3, -0.25) is 9.69 Å². The second kappa shape index (κ2) is 9.64. The molecule has 1 aromatic heterocycles. The van der Waals surface area contributed by atoms with Crippen molar-refractivity contribution in [1.82, 2.24) is 0 Å². The number of para-hydroxylation sites is 2. The quantitative estimate of drug-likeness (QED) is 0.299. The molecule has 0 fully saturated rings. The summed E-state index contributed by atoms with van der Waals surface area (Å²) in [6.07, 6.45) is 2.54. The maximum Gasteiger partial charge on any atom is 0.327 e. The van der Waals surface area contributed by atoms with Crippen LogP contribution >= 0.6 is 11.6 Å². The predicted octanol–water partition coefficient (Wildman–Crippen LogP) is 7.54. The molecule has 2 aliphatic rings. The number of ketones is 1. The third-order valence-corrected chi connectivity index (χ3v) is 7.12. The topological polar surface area (TPSA) is 74.6 Å². The van der Waals surface area contributed by atoms with E-state index in [1.807, 2.05) is 66.7 Å². The highest BCUT2D eigenvalue weighted by Crippen LogP contribution is 2.47. The van der Waals surface area contributed by atoms with Gasteiger partial charge >= 0.3 is 6.03 Å². The number of nitrogens with zero attached hydrogens (tertiary/aromatic N) is 1. The Morgan fingerprint density at radius 3 is 2.43 bits per heavy atom. The zero-order valence-electron chi connectivity index (χ0n) is 19.9. The van der Waals surface area contributed by atoms with Crippen LogP contribution in [-0.4, -0.2) is 11.8 Å². The first-order valence-corrected chi connectivity index (χ1v) is 12.5. The SMILES string of the molecule is O=C1C[C@H](c2ccco2)CC2=C1[C@H](c1ccccc1)N(C(=O)Nc1ccc(Cl)cc1)c1ccccc1N2. The summed E-state index contributed by atoms with van der Waals surface area (Å²) in [7, 11) is 0. The lowest BCUT2D eigenvalue weighted by atomic mass is 9.80. The van der Waals surface area contributed by atoms with Crippen molar-refractivity contribution < 1.29 is 14.0 Å². The van der Waals surface area contributed by atoms with Crippen molar-refractivity contribution in [1.29, 1.82) is 0 Å². The Kier molecular flexibility index (Phi) is 6.02.